The summed E-state index contributed by atoms with van der Waals surface area (Å²) in [5, 5.41) is 0. The van der Waals surface area contributed by atoms with E-state index < -0.39 is 0 Å². The molecule has 1 heteroatoms. The maximum Gasteiger partial charge on any atom is 0 e. The molecule has 17 heavy (non-hydrogen) atoms. The first-order chi connectivity index (χ1) is 5.60. The summed E-state index contributed by atoms with van der Waals surface area (Å²) in [4.78, 5) is 0. The van der Waals surface area contributed by atoms with Crippen LogP contribution >= 0.6 is 0 Å². The Hall–Kier alpha value is 1.10. The molecule has 0 saturated heterocycles. The van der Waals surface area contributed by atoms with Crippen molar-refractivity contribution in [3.8, 4) is 0 Å². The Labute approximate surface area is 142 Å². The second-order valence-electron chi connectivity index (χ2n) is 3.18. The van der Waals surface area contributed by atoms with E-state index >= 15 is 0 Å². The summed E-state index contributed by atoms with van der Waals surface area (Å²) in [6.07, 6.45) is 4.69. The molecule has 0 aromatic rings. The van der Waals surface area contributed by atoms with Gasteiger partial charge in [-0.1, -0.05) is 83.1 Å². The van der Waals surface area contributed by atoms with Gasteiger partial charge in [0, 0.05) is 32.7 Å². The van der Waals surface area contributed by atoms with Gasteiger partial charge in [-0.15, -0.1) is 0 Å². The fourth-order valence-corrected chi connectivity index (χ4v) is 0. The minimum atomic E-state index is 0. The third kappa shape index (κ3) is 232. The molecular weight excluding hydrogens is 281 g/mol. The third-order valence-corrected chi connectivity index (χ3v) is 1.08. The normalized spacial score (nSPS) is 5.65. The largest absolute Gasteiger partial charge is 0.344 e. The Morgan fingerprint density at radius 1 is 0.765 bits per heavy atom. The van der Waals surface area contributed by atoms with Gasteiger partial charge in [0.05, 0.1) is 0 Å². The average molecular weight is 325 g/mol. The topological polar surface area (TPSA) is 0 Å². The molecule has 0 rings (SSSR count). The zero-order valence-electron chi connectivity index (χ0n) is 10.4. The SMILES string of the molecule is C.C.C.C.CCCC.[CH2-]CC.[CH2-]CC(C)C.[Y]. The third-order valence-electron chi connectivity index (χ3n) is 1.08. The maximum atomic E-state index is 3.69. The number of hydrogen-bond acceptors (Lipinski definition) is 0. The summed E-state index contributed by atoms with van der Waals surface area (Å²) >= 11 is 0. The van der Waals surface area contributed by atoms with Crippen molar-refractivity contribution in [2.24, 2.45) is 5.92 Å². The molecule has 0 saturated carbocycles. The molecule has 0 nitrogen and oxygen atoms in total. The average Bonchev–Trinajstić information content (AvgIpc) is 2.06. The summed E-state index contributed by atoms with van der Waals surface area (Å²) < 4.78 is 0. The maximum absolute atomic E-state index is 3.69. The summed E-state index contributed by atoms with van der Waals surface area (Å²) in [6.45, 7) is 17.9. The van der Waals surface area contributed by atoms with Gasteiger partial charge in [-0.25, -0.2) is 0 Å². The van der Waals surface area contributed by atoms with Crippen LogP contribution in [0.1, 0.15) is 90.0 Å². The van der Waals surface area contributed by atoms with Crippen LogP contribution in [-0.2, 0) is 32.7 Å². The van der Waals surface area contributed by atoms with Gasteiger partial charge in [-0.3, -0.25) is 0 Å². The standard InChI is InChI=1S/C5H11.C4H10.C3H7.4CH4.Y/c1-4-5(2)3;1-3-4-2;1-3-2;;;;;/h5H,1,4H2,2-3H3;3-4H2,1-2H3;1,3H2,2H3;4*1H4;/q-1;;-1;;;;;. The molecule has 113 valence electrons. The Morgan fingerprint density at radius 3 is 0.882 bits per heavy atom. The molecule has 0 bridgehead atoms. The molecular formula is C16H44Y-2. The minimum absolute atomic E-state index is 0. The molecule has 0 unspecified atom stereocenters. The molecule has 1 radical (unpaired) electrons. The van der Waals surface area contributed by atoms with Gasteiger partial charge >= 0.3 is 0 Å². The van der Waals surface area contributed by atoms with E-state index in [1.807, 2.05) is 6.92 Å². The molecule has 0 atom stereocenters. The van der Waals surface area contributed by atoms with Gasteiger partial charge in [0.1, 0.15) is 0 Å². The Morgan fingerprint density at radius 2 is 0.882 bits per heavy atom. The van der Waals surface area contributed by atoms with Crippen molar-refractivity contribution in [3.05, 3.63) is 13.8 Å². The molecule has 0 aliphatic carbocycles. The number of rotatable bonds is 2. The Balaban J connectivity index is -0.0000000106. The molecule has 0 amide bonds. The van der Waals surface area contributed by atoms with Crippen LogP contribution < -0.4 is 0 Å². The molecule has 0 fully saturated rings. The van der Waals surface area contributed by atoms with E-state index in [-0.39, 0.29) is 62.4 Å². The van der Waals surface area contributed by atoms with E-state index in [9.17, 15) is 0 Å². The van der Waals surface area contributed by atoms with Crippen molar-refractivity contribution >= 4 is 0 Å². The summed E-state index contributed by atoms with van der Waals surface area (Å²) in [6, 6.07) is 0. The Kier molecular flexibility index (Phi) is 206. The van der Waals surface area contributed by atoms with Crippen molar-refractivity contribution in [1.29, 1.82) is 0 Å². The number of unbranched alkanes of at least 4 members (excludes halogenated alkanes) is 1. The smallest absolute Gasteiger partial charge is 0 e. The number of hydrogen-bond donors (Lipinski definition) is 0. The quantitative estimate of drug-likeness (QED) is 0.463. The van der Waals surface area contributed by atoms with E-state index in [1.54, 1.807) is 0 Å². The van der Waals surface area contributed by atoms with Crippen molar-refractivity contribution in [1.82, 2.24) is 0 Å². The summed E-state index contributed by atoms with van der Waals surface area (Å²) in [5.74, 6) is 0.773. The van der Waals surface area contributed by atoms with Gasteiger partial charge in [-0.05, 0) is 0 Å². The van der Waals surface area contributed by atoms with Crippen molar-refractivity contribution in [2.45, 2.75) is 90.0 Å². The van der Waals surface area contributed by atoms with Crippen molar-refractivity contribution in [2.75, 3.05) is 0 Å². The predicted molar refractivity (Wildman–Crippen MR) is 88.0 cm³/mol. The zero-order chi connectivity index (χ0) is 10.4. The van der Waals surface area contributed by atoms with Crippen LogP contribution in [0.25, 0.3) is 0 Å². The van der Waals surface area contributed by atoms with E-state index in [4.69, 9.17) is 0 Å². The van der Waals surface area contributed by atoms with E-state index in [1.165, 1.54) is 12.8 Å². The first-order valence-corrected chi connectivity index (χ1v) is 5.18. The van der Waals surface area contributed by atoms with E-state index in [0.717, 1.165) is 18.8 Å². The predicted octanol–water partition coefficient (Wildman–Crippen LogP) is 7.45. The van der Waals surface area contributed by atoms with Crippen LogP contribution in [0, 0.1) is 19.8 Å². The second-order valence-corrected chi connectivity index (χ2v) is 3.18. The summed E-state index contributed by atoms with van der Waals surface area (Å²) in [7, 11) is 0. The van der Waals surface area contributed by atoms with E-state index in [0.29, 0.717) is 0 Å². The summed E-state index contributed by atoms with van der Waals surface area (Å²) in [5.41, 5.74) is 0. The monoisotopic (exact) mass is 325 g/mol. The van der Waals surface area contributed by atoms with Crippen molar-refractivity contribution in [3.63, 3.8) is 0 Å². The van der Waals surface area contributed by atoms with Crippen LogP contribution in [0.2, 0.25) is 0 Å². The zero-order valence-corrected chi connectivity index (χ0v) is 13.2. The molecule has 0 spiro atoms. The van der Waals surface area contributed by atoms with Gasteiger partial charge in [0.25, 0.3) is 0 Å². The molecule has 0 N–H and O–H groups in total. The first kappa shape index (κ1) is 51.9. The molecule has 0 aliphatic heterocycles. The van der Waals surface area contributed by atoms with Gasteiger partial charge in [0.15, 0.2) is 0 Å². The van der Waals surface area contributed by atoms with Crippen LogP contribution in [0.3, 0.4) is 0 Å². The fourth-order valence-electron chi connectivity index (χ4n) is 0. The second kappa shape index (κ2) is 67.5. The molecule has 0 aromatic heterocycles. The van der Waals surface area contributed by atoms with Crippen LogP contribution in [0.5, 0.6) is 0 Å². The molecule has 0 aliphatic rings. The Bertz CT molecular complexity index is 40.8. The van der Waals surface area contributed by atoms with Crippen LogP contribution in [-0.4, -0.2) is 0 Å². The van der Waals surface area contributed by atoms with Crippen LogP contribution in [0.4, 0.5) is 0 Å². The molecule has 0 aromatic carbocycles. The van der Waals surface area contributed by atoms with Gasteiger partial charge in [0.2, 0.25) is 0 Å². The first-order valence-electron chi connectivity index (χ1n) is 5.18. The van der Waals surface area contributed by atoms with E-state index in [2.05, 4.69) is 41.5 Å². The van der Waals surface area contributed by atoms with Crippen LogP contribution in [0.15, 0.2) is 0 Å². The fraction of sp³-hybridized carbons (Fsp3) is 0.875. The minimum Gasteiger partial charge on any atom is -0.344 e. The molecule has 0 heterocycles. The van der Waals surface area contributed by atoms with Crippen molar-refractivity contribution < 1.29 is 32.7 Å². The van der Waals surface area contributed by atoms with Gasteiger partial charge in [-0.2, -0.15) is 12.8 Å². The van der Waals surface area contributed by atoms with Gasteiger partial charge < -0.3 is 13.8 Å².